The molecule has 3 nitrogen and oxygen atoms in total. The number of allylic oxidation sites excluding steroid dienone is 2. The van der Waals surface area contributed by atoms with E-state index in [2.05, 4.69) is 0 Å². The zero-order chi connectivity index (χ0) is 13.3. The number of hydrogen-bond donors (Lipinski definition) is 2. The average Bonchev–Trinajstić information content (AvgIpc) is 2.67. The topological polar surface area (TPSA) is 57.5 Å². The van der Waals surface area contributed by atoms with Gasteiger partial charge in [0, 0.05) is 15.7 Å². The van der Waals surface area contributed by atoms with E-state index in [1.807, 2.05) is 32.1 Å². The van der Waals surface area contributed by atoms with Crippen LogP contribution in [0.15, 0.2) is 18.2 Å². The van der Waals surface area contributed by atoms with Gasteiger partial charge in [0.1, 0.15) is 0 Å². The van der Waals surface area contributed by atoms with Crippen LogP contribution in [0.4, 0.5) is 0 Å². The first-order valence-corrected chi connectivity index (χ1v) is 6.95. The van der Waals surface area contributed by atoms with Gasteiger partial charge in [-0.2, -0.15) is 0 Å². The smallest absolute Gasteiger partial charge is 0.307 e. The van der Waals surface area contributed by atoms with Crippen LogP contribution in [0.1, 0.15) is 34.3 Å². The van der Waals surface area contributed by atoms with Crippen molar-refractivity contribution in [3.8, 4) is 0 Å². The van der Waals surface area contributed by atoms with Crippen LogP contribution < -0.4 is 0 Å². The second-order valence-electron chi connectivity index (χ2n) is 4.90. The lowest BCUT2D eigenvalue weighted by Crippen LogP contribution is -2.29. The SMILES string of the molecule is Cc1cc(C)c(C(O)C2CC=CCC2C(=O)O)s1. The first-order chi connectivity index (χ1) is 8.50. The molecule has 0 aromatic carbocycles. The number of aliphatic hydroxyl groups excluding tert-OH is 1. The second-order valence-corrected chi connectivity index (χ2v) is 6.19. The van der Waals surface area contributed by atoms with Crippen LogP contribution in [-0.2, 0) is 4.79 Å². The largest absolute Gasteiger partial charge is 0.481 e. The van der Waals surface area contributed by atoms with Gasteiger partial charge in [-0.25, -0.2) is 0 Å². The van der Waals surface area contributed by atoms with Crippen molar-refractivity contribution in [3.05, 3.63) is 33.5 Å². The third kappa shape index (κ3) is 2.49. The maximum absolute atomic E-state index is 11.2. The molecule has 0 radical (unpaired) electrons. The Balaban J connectivity index is 2.26. The van der Waals surface area contributed by atoms with E-state index in [9.17, 15) is 15.0 Å². The Morgan fingerprint density at radius 1 is 1.39 bits per heavy atom. The molecule has 0 fully saturated rings. The van der Waals surface area contributed by atoms with E-state index in [-0.39, 0.29) is 5.92 Å². The molecule has 0 saturated carbocycles. The molecular formula is C14H18O3S. The number of rotatable bonds is 3. The van der Waals surface area contributed by atoms with Gasteiger partial charge in [0.2, 0.25) is 0 Å². The number of hydrogen-bond acceptors (Lipinski definition) is 3. The quantitative estimate of drug-likeness (QED) is 0.827. The summed E-state index contributed by atoms with van der Waals surface area (Å²) in [6.07, 6.45) is 4.35. The Morgan fingerprint density at radius 2 is 2.06 bits per heavy atom. The van der Waals surface area contributed by atoms with Crippen molar-refractivity contribution in [1.29, 1.82) is 0 Å². The van der Waals surface area contributed by atoms with Crippen LogP contribution in [0.2, 0.25) is 0 Å². The summed E-state index contributed by atoms with van der Waals surface area (Å²) in [7, 11) is 0. The number of aliphatic carboxylic acids is 1. The summed E-state index contributed by atoms with van der Waals surface area (Å²) in [5.74, 6) is -1.51. The van der Waals surface area contributed by atoms with Crippen molar-refractivity contribution in [2.75, 3.05) is 0 Å². The number of thiophene rings is 1. The van der Waals surface area contributed by atoms with E-state index in [1.165, 1.54) is 0 Å². The molecule has 3 atom stereocenters. The molecule has 3 unspecified atom stereocenters. The Hall–Kier alpha value is -1.13. The molecule has 4 heteroatoms. The maximum atomic E-state index is 11.2. The standard InChI is InChI=1S/C14H18O3S/c1-8-7-9(2)18-13(8)12(15)10-5-3-4-6-11(10)14(16)17/h3-4,7,10-12,15H,5-6H2,1-2H3,(H,16,17). The number of carbonyl (C=O) groups is 1. The lowest BCUT2D eigenvalue weighted by Gasteiger charge is -2.29. The predicted molar refractivity (Wildman–Crippen MR) is 71.7 cm³/mol. The molecule has 1 aromatic heterocycles. The zero-order valence-electron chi connectivity index (χ0n) is 10.6. The number of carboxylic acid groups (broad SMARTS) is 1. The summed E-state index contributed by atoms with van der Waals surface area (Å²) in [4.78, 5) is 13.3. The molecule has 2 N–H and O–H groups in total. The predicted octanol–water partition coefficient (Wildman–Crippen LogP) is 3.07. The van der Waals surface area contributed by atoms with E-state index in [1.54, 1.807) is 11.3 Å². The molecule has 1 aromatic rings. The van der Waals surface area contributed by atoms with Gasteiger partial charge < -0.3 is 10.2 Å². The molecule has 2 rings (SSSR count). The van der Waals surface area contributed by atoms with Crippen molar-refractivity contribution in [3.63, 3.8) is 0 Å². The molecule has 0 aliphatic heterocycles. The van der Waals surface area contributed by atoms with E-state index >= 15 is 0 Å². The zero-order valence-corrected chi connectivity index (χ0v) is 11.4. The highest BCUT2D eigenvalue weighted by atomic mass is 32.1. The van der Waals surface area contributed by atoms with Crippen molar-refractivity contribution in [2.45, 2.75) is 32.8 Å². The molecule has 0 saturated heterocycles. The second kappa shape index (κ2) is 5.24. The molecular weight excluding hydrogens is 248 g/mol. The molecule has 0 amide bonds. The molecule has 0 spiro atoms. The normalized spacial score (nSPS) is 25.1. The van der Waals surface area contributed by atoms with Crippen LogP contribution in [0, 0.1) is 25.7 Å². The van der Waals surface area contributed by atoms with Gasteiger partial charge >= 0.3 is 5.97 Å². The Kier molecular flexibility index (Phi) is 3.88. The van der Waals surface area contributed by atoms with Crippen LogP contribution >= 0.6 is 11.3 Å². The number of carboxylic acids is 1. The van der Waals surface area contributed by atoms with Crippen molar-refractivity contribution < 1.29 is 15.0 Å². The fourth-order valence-corrected chi connectivity index (χ4v) is 3.71. The first-order valence-electron chi connectivity index (χ1n) is 6.13. The fraction of sp³-hybridized carbons (Fsp3) is 0.500. The highest BCUT2D eigenvalue weighted by molar-refractivity contribution is 7.12. The monoisotopic (exact) mass is 266 g/mol. The van der Waals surface area contributed by atoms with Crippen molar-refractivity contribution >= 4 is 17.3 Å². The minimum atomic E-state index is -0.811. The summed E-state index contributed by atoms with van der Waals surface area (Å²) in [6, 6.07) is 2.04. The maximum Gasteiger partial charge on any atom is 0.307 e. The van der Waals surface area contributed by atoms with Crippen molar-refractivity contribution in [2.24, 2.45) is 11.8 Å². The highest BCUT2D eigenvalue weighted by Gasteiger charge is 2.35. The molecule has 1 heterocycles. The summed E-state index contributed by atoms with van der Waals surface area (Å²) in [6.45, 7) is 3.97. The van der Waals surface area contributed by atoms with Crippen LogP contribution in [0.3, 0.4) is 0 Å². The van der Waals surface area contributed by atoms with E-state index < -0.39 is 18.0 Å². The van der Waals surface area contributed by atoms with Crippen molar-refractivity contribution in [1.82, 2.24) is 0 Å². The molecule has 0 bridgehead atoms. The van der Waals surface area contributed by atoms with Gasteiger partial charge in [0.25, 0.3) is 0 Å². The van der Waals surface area contributed by atoms with Gasteiger partial charge in [-0.3, -0.25) is 4.79 Å². The van der Waals surface area contributed by atoms with E-state index in [0.29, 0.717) is 12.8 Å². The minimum absolute atomic E-state index is 0.218. The molecule has 18 heavy (non-hydrogen) atoms. The molecule has 1 aliphatic rings. The van der Waals surface area contributed by atoms with Crippen LogP contribution in [0.5, 0.6) is 0 Å². The number of aryl methyl sites for hydroxylation is 2. The fourth-order valence-electron chi connectivity index (χ4n) is 2.62. The minimum Gasteiger partial charge on any atom is -0.481 e. The lowest BCUT2D eigenvalue weighted by atomic mass is 9.78. The Bertz CT molecular complexity index is 475. The van der Waals surface area contributed by atoms with Gasteiger partial charge in [-0.1, -0.05) is 12.2 Å². The third-order valence-corrected chi connectivity index (χ3v) is 4.78. The third-order valence-electron chi connectivity index (χ3n) is 3.55. The van der Waals surface area contributed by atoms with Crippen LogP contribution in [-0.4, -0.2) is 16.2 Å². The van der Waals surface area contributed by atoms with Crippen LogP contribution in [0.25, 0.3) is 0 Å². The lowest BCUT2D eigenvalue weighted by molar-refractivity contribution is -0.145. The molecule has 1 aliphatic carbocycles. The summed E-state index contributed by atoms with van der Waals surface area (Å²) in [5, 5.41) is 19.7. The summed E-state index contributed by atoms with van der Waals surface area (Å²) in [5.41, 5.74) is 1.06. The summed E-state index contributed by atoms with van der Waals surface area (Å²) < 4.78 is 0. The highest BCUT2D eigenvalue weighted by Crippen LogP contribution is 2.40. The van der Waals surface area contributed by atoms with E-state index in [0.717, 1.165) is 15.3 Å². The average molecular weight is 266 g/mol. The first kappa shape index (κ1) is 13.3. The van der Waals surface area contributed by atoms with Gasteiger partial charge in [0.15, 0.2) is 0 Å². The van der Waals surface area contributed by atoms with E-state index in [4.69, 9.17) is 0 Å². The molecule has 98 valence electrons. The van der Waals surface area contributed by atoms with Gasteiger partial charge in [-0.15, -0.1) is 11.3 Å². The van der Waals surface area contributed by atoms with Gasteiger partial charge in [-0.05, 0) is 38.3 Å². The Morgan fingerprint density at radius 3 is 2.61 bits per heavy atom. The number of aliphatic hydroxyl groups is 1. The van der Waals surface area contributed by atoms with Gasteiger partial charge in [0.05, 0.1) is 12.0 Å². The Labute approximate surface area is 111 Å². The summed E-state index contributed by atoms with van der Waals surface area (Å²) >= 11 is 1.56.